The Balaban J connectivity index is 1.80. The number of hydrogen-bond acceptors (Lipinski definition) is 3. The summed E-state index contributed by atoms with van der Waals surface area (Å²) in [6, 6.07) is 7.42. The van der Waals surface area contributed by atoms with Gasteiger partial charge in [-0.25, -0.2) is 0 Å². The van der Waals surface area contributed by atoms with Gasteiger partial charge in [-0.15, -0.1) is 11.6 Å². The van der Waals surface area contributed by atoms with E-state index >= 15 is 0 Å². The number of alkyl halides is 1. The van der Waals surface area contributed by atoms with E-state index < -0.39 is 10.2 Å². The van der Waals surface area contributed by atoms with E-state index in [-0.39, 0.29) is 11.4 Å². The molecule has 5 nitrogen and oxygen atoms in total. The molecule has 7 heteroatoms. The smallest absolute Gasteiger partial charge is 0.280 e. The Labute approximate surface area is 124 Å². The number of ether oxygens (including phenoxy) is 1. The van der Waals surface area contributed by atoms with E-state index in [1.807, 2.05) is 24.3 Å². The number of morpholine rings is 1. The summed E-state index contributed by atoms with van der Waals surface area (Å²) in [5, 5.41) is -0.247. The predicted octanol–water partition coefficient (Wildman–Crippen LogP) is 1.06. The van der Waals surface area contributed by atoms with E-state index in [1.54, 1.807) is 0 Å². The summed E-state index contributed by atoms with van der Waals surface area (Å²) in [4.78, 5) is 0. The van der Waals surface area contributed by atoms with Gasteiger partial charge < -0.3 is 4.74 Å². The first-order chi connectivity index (χ1) is 9.58. The van der Waals surface area contributed by atoms with E-state index in [1.165, 1.54) is 4.31 Å². The van der Waals surface area contributed by atoms with Gasteiger partial charge in [0.15, 0.2) is 0 Å². The number of fused-ring (bicyclic) bond motifs is 1. The molecule has 0 radical (unpaired) electrons. The number of hydrogen-bond donors (Lipinski definition) is 1. The molecule has 0 bridgehead atoms. The summed E-state index contributed by atoms with van der Waals surface area (Å²) < 4.78 is 34.1. The van der Waals surface area contributed by atoms with Crippen LogP contribution in [0.3, 0.4) is 0 Å². The molecule has 2 unspecified atom stereocenters. The molecular formula is C13H17ClN2O3S. The van der Waals surface area contributed by atoms with Gasteiger partial charge in [-0.3, -0.25) is 0 Å². The molecule has 1 heterocycles. The maximum atomic E-state index is 12.4. The van der Waals surface area contributed by atoms with Gasteiger partial charge in [0.05, 0.1) is 24.6 Å². The summed E-state index contributed by atoms with van der Waals surface area (Å²) in [5.41, 5.74) is 2.09. The molecule has 0 saturated carbocycles. The summed E-state index contributed by atoms with van der Waals surface area (Å²) >= 11 is 6.32. The molecule has 110 valence electrons. The summed E-state index contributed by atoms with van der Waals surface area (Å²) in [6.07, 6.45) is 0.689. The average molecular weight is 317 g/mol. The zero-order valence-corrected chi connectivity index (χ0v) is 12.5. The van der Waals surface area contributed by atoms with E-state index in [4.69, 9.17) is 16.3 Å². The van der Waals surface area contributed by atoms with Gasteiger partial charge in [-0.1, -0.05) is 24.3 Å². The SMILES string of the molecule is O=S(=O)(NC1c2ccccc2CC1Cl)N1CCOCC1. The Kier molecular flexibility index (Phi) is 4.01. The molecule has 0 spiro atoms. The maximum Gasteiger partial charge on any atom is 0.280 e. The summed E-state index contributed by atoms with van der Waals surface area (Å²) in [7, 11) is -3.52. The van der Waals surface area contributed by atoms with Crippen molar-refractivity contribution < 1.29 is 13.2 Å². The molecule has 0 aromatic heterocycles. The van der Waals surface area contributed by atoms with Crippen LogP contribution < -0.4 is 4.72 Å². The van der Waals surface area contributed by atoms with Gasteiger partial charge >= 0.3 is 0 Å². The number of halogens is 1. The van der Waals surface area contributed by atoms with Crippen LogP contribution in [0.25, 0.3) is 0 Å². The van der Waals surface area contributed by atoms with Gasteiger partial charge in [0, 0.05) is 13.1 Å². The second-order valence-corrected chi connectivity index (χ2v) is 7.29. The monoisotopic (exact) mass is 316 g/mol. The lowest BCUT2D eigenvalue weighted by molar-refractivity contribution is 0.0723. The average Bonchev–Trinajstić information content (AvgIpc) is 2.76. The summed E-state index contributed by atoms with van der Waals surface area (Å²) in [5.74, 6) is 0. The van der Waals surface area contributed by atoms with Gasteiger partial charge in [0.25, 0.3) is 10.2 Å². The van der Waals surface area contributed by atoms with Crippen LogP contribution in [0.1, 0.15) is 17.2 Å². The first-order valence-electron chi connectivity index (χ1n) is 6.65. The molecule has 1 aliphatic heterocycles. The highest BCUT2D eigenvalue weighted by Gasteiger charge is 2.36. The van der Waals surface area contributed by atoms with Crippen molar-refractivity contribution in [2.24, 2.45) is 0 Å². The van der Waals surface area contributed by atoms with Gasteiger partial charge in [0.1, 0.15) is 0 Å². The third-order valence-corrected chi connectivity index (χ3v) is 5.76. The number of nitrogens with zero attached hydrogens (tertiary/aromatic N) is 1. The zero-order valence-electron chi connectivity index (χ0n) is 11.0. The van der Waals surface area contributed by atoms with Crippen LogP contribution >= 0.6 is 11.6 Å². The lowest BCUT2D eigenvalue weighted by atomic mass is 10.1. The molecule has 0 amide bonds. The largest absolute Gasteiger partial charge is 0.379 e. The van der Waals surface area contributed by atoms with E-state index in [0.717, 1.165) is 11.1 Å². The van der Waals surface area contributed by atoms with E-state index in [0.29, 0.717) is 32.7 Å². The van der Waals surface area contributed by atoms with Crippen molar-refractivity contribution in [3.05, 3.63) is 35.4 Å². The van der Waals surface area contributed by atoms with Crippen LogP contribution in [0.5, 0.6) is 0 Å². The fraction of sp³-hybridized carbons (Fsp3) is 0.538. The summed E-state index contributed by atoms with van der Waals surface area (Å²) in [6.45, 7) is 1.65. The van der Waals surface area contributed by atoms with Crippen molar-refractivity contribution in [2.75, 3.05) is 26.3 Å². The molecule has 1 N–H and O–H groups in total. The second-order valence-electron chi connectivity index (χ2n) is 5.03. The Morgan fingerprint density at radius 2 is 1.95 bits per heavy atom. The first-order valence-corrected chi connectivity index (χ1v) is 8.52. The van der Waals surface area contributed by atoms with Crippen molar-refractivity contribution in [1.29, 1.82) is 0 Å². The lowest BCUT2D eigenvalue weighted by Gasteiger charge is -2.28. The Morgan fingerprint density at radius 1 is 1.25 bits per heavy atom. The van der Waals surface area contributed by atoms with Crippen molar-refractivity contribution in [2.45, 2.75) is 17.8 Å². The van der Waals surface area contributed by atoms with Crippen LogP contribution in [-0.2, 0) is 21.4 Å². The second kappa shape index (κ2) is 5.61. The number of rotatable bonds is 3. The fourth-order valence-electron chi connectivity index (χ4n) is 2.71. The topological polar surface area (TPSA) is 58.6 Å². The van der Waals surface area contributed by atoms with Crippen LogP contribution in [0.2, 0.25) is 0 Å². The Morgan fingerprint density at radius 3 is 2.70 bits per heavy atom. The zero-order chi connectivity index (χ0) is 14.2. The molecule has 1 aromatic carbocycles. The van der Waals surface area contributed by atoms with Crippen molar-refractivity contribution in [3.8, 4) is 0 Å². The van der Waals surface area contributed by atoms with Gasteiger partial charge in [0.2, 0.25) is 0 Å². The van der Waals surface area contributed by atoms with E-state index in [2.05, 4.69) is 4.72 Å². The van der Waals surface area contributed by atoms with Crippen LogP contribution in [0, 0.1) is 0 Å². The van der Waals surface area contributed by atoms with Crippen molar-refractivity contribution in [3.63, 3.8) is 0 Å². The van der Waals surface area contributed by atoms with Gasteiger partial charge in [-0.05, 0) is 17.5 Å². The third-order valence-electron chi connectivity index (χ3n) is 3.75. The number of benzene rings is 1. The van der Waals surface area contributed by atoms with Crippen LogP contribution in [-0.4, -0.2) is 44.4 Å². The molecule has 1 saturated heterocycles. The quantitative estimate of drug-likeness (QED) is 0.848. The minimum absolute atomic E-state index is 0.247. The van der Waals surface area contributed by atoms with Crippen LogP contribution in [0.15, 0.2) is 24.3 Å². The highest BCUT2D eigenvalue weighted by molar-refractivity contribution is 7.87. The van der Waals surface area contributed by atoms with Crippen molar-refractivity contribution >= 4 is 21.8 Å². The number of nitrogens with one attached hydrogen (secondary N) is 1. The lowest BCUT2D eigenvalue weighted by Crippen LogP contribution is -2.48. The maximum absolute atomic E-state index is 12.4. The highest BCUT2D eigenvalue weighted by Crippen LogP contribution is 2.35. The third kappa shape index (κ3) is 2.71. The van der Waals surface area contributed by atoms with E-state index in [9.17, 15) is 8.42 Å². The minimum atomic E-state index is -3.52. The van der Waals surface area contributed by atoms with Crippen molar-refractivity contribution in [1.82, 2.24) is 9.03 Å². The highest BCUT2D eigenvalue weighted by atomic mass is 35.5. The molecule has 1 fully saturated rings. The molecule has 1 aliphatic carbocycles. The molecular weight excluding hydrogens is 300 g/mol. The van der Waals surface area contributed by atoms with Gasteiger partial charge in [-0.2, -0.15) is 17.4 Å². The first kappa shape index (κ1) is 14.3. The molecule has 2 aliphatic rings. The van der Waals surface area contributed by atoms with Crippen LogP contribution in [0.4, 0.5) is 0 Å². The standard InChI is InChI=1S/C13H17ClN2O3S/c14-12-9-10-3-1-2-4-11(10)13(12)15-20(17,18)16-5-7-19-8-6-16/h1-4,12-13,15H,5-9H2. The normalized spacial score (nSPS) is 27.4. The molecule has 3 rings (SSSR count). The molecule has 1 aromatic rings. The predicted molar refractivity (Wildman–Crippen MR) is 77.0 cm³/mol. The minimum Gasteiger partial charge on any atom is -0.379 e. The molecule has 20 heavy (non-hydrogen) atoms. The Hall–Kier alpha value is -0.660. The molecule has 2 atom stereocenters. The Bertz CT molecular complexity index is 587. The fourth-order valence-corrected chi connectivity index (χ4v) is 4.54.